The van der Waals surface area contributed by atoms with E-state index in [0.717, 1.165) is 17.1 Å². The van der Waals surface area contributed by atoms with E-state index < -0.39 is 0 Å². The molecule has 1 saturated heterocycles. The number of hydrogen-bond acceptors (Lipinski definition) is 4. The fraction of sp³-hybridized carbons (Fsp3) is 0.333. The molecule has 88 valence electrons. The van der Waals surface area contributed by atoms with Crippen molar-refractivity contribution in [2.45, 2.75) is 18.2 Å². The number of thiol groups is 1. The summed E-state index contributed by atoms with van der Waals surface area (Å²) in [5.41, 5.74) is 1.02. The first-order chi connectivity index (χ1) is 8.22. The summed E-state index contributed by atoms with van der Waals surface area (Å²) >= 11 is 6.01. The van der Waals surface area contributed by atoms with Gasteiger partial charge in [-0.25, -0.2) is 4.98 Å². The third-order valence-electron chi connectivity index (χ3n) is 2.86. The Hall–Kier alpha value is -1.07. The maximum Gasteiger partial charge on any atom is 0.224 e. The van der Waals surface area contributed by atoms with Gasteiger partial charge in [0.2, 0.25) is 5.91 Å². The zero-order valence-corrected chi connectivity index (χ0v) is 10.9. The van der Waals surface area contributed by atoms with E-state index in [1.54, 1.807) is 11.3 Å². The summed E-state index contributed by atoms with van der Waals surface area (Å²) in [5, 5.41) is 1.18. The average Bonchev–Trinajstić information content (AvgIpc) is 2.82. The quantitative estimate of drug-likeness (QED) is 0.845. The molecule has 3 rings (SSSR count). The minimum atomic E-state index is 0.178. The molecule has 3 nitrogen and oxygen atoms in total. The van der Waals surface area contributed by atoms with Gasteiger partial charge in [0.15, 0.2) is 0 Å². The topological polar surface area (TPSA) is 33.2 Å². The summed E-state index contributed by atoms with van der Waals surface area (Å²) in [6.45, 7) is 1.35. The molecule has 2 aromatic rings. The van der Waals surface area contributed by atoms with E-state index in [9.17, 15) is 4.79 Å². The molecule has 0 radical (unpaired) electrons. The molecular weight excluding hydrogens is 252 g/mol. The SMILES string of the molecule is O=C1CC(S)CN1Cc1nc2ccccc2s1. The van der Waals surface area contributed by atoms with Gasteiger partial charge in [-0.15, -0.1) is 11.3 Å². The van der Waals surface area contributed by atoms with Gasteiger partial charge in [0, 0.05) is 18.2 Å². The first-order valence-corrected chi connectivity index (χ1v) is 6.86. The van der Waals surface area contributed by atoms with Crippen LogP contribution in [0.25, 0.3) is 10.2 Å². The van der Waals surface area contributed by atoms with E-state index in [0.29, 0.717) is 13.0 Å². The maximum atomic E-state index is 11.7. The van der Waals surface area contributed by atoms with Crippen molar-refractivity contribution in [2.75, 3.05) is 6.54 Å². The molecule has 0 saturated carbocycles. The van der Waals surface area contributed by atoms with Crippen LogP contribution in [0.4, 0.5) is 0 Å². The van der Waals surface area contributed by atoms with E-state index in [4.69, 9.17) is 0 Å². The summed E-state index contributed by atoms with van der Waals surface area (Å²) in [7, 11) is 0. The number of fused-ring (bicyclic) bond motifs is 1. The second-order valence-corrected chi connectivity index (χ2v) is 6.05. The normalized spacial score (nSPS) is 20.4. The van der Waals surface area contributed by atoms with Crippen LogP contribution < -0.4 is 0 Å². The highest BCUT2D eigenvalue weighted by Crippen LogP contribution is 2.25. The molecule has 1 aliphatic rings. The fourth-order valence-corrected chi connectivity index (χ4v) is 3.39. The molecule has 1 aliphatic heterocycles. The lowest BCUT2D eigenvalue weighted by atomic mass is 10.3. The smallest absolute Gasteiger partial charge is 0.224 e. The van der Waals surface area contributed by atoms with E-state index in [-0.39, 0.29) is 11.2 Å². The van der Waals surface area contributed by atoms with Gasteiger partial charge in [-0.1, -0.05) is 12.1 Å². The maximum absolute atomic E-state index is 11.7. The number of thiazole rings is 1. The summed E-state index contributed by atoms with van der Waals surface area (Å²) < 4.78 is 1.18. The zero-order valence-electron chi connectivity index (χ0n) is 9.17. The van der Waals surface area contributed by atoms with Gasteiger partial charge in [-0.3, -0.25) is 4.79 Å². The van der Waals surface area contributed by atoms with Crippen molar-refractivity contribution in [1.29, 1.82) is 0 Å². The molecule has 1 amide bonds. The van der Waals surface area contributed by atoms with Gasteiger partial charge < -0.3 is 4.90 Å². The Labute approximate surface area is 109 Å². The van der Waals surface area contributed by atoms with Crippen LogP contribution in [0, 0.1) is 0 Å². The lowest BCUT2D eigenvalue weighted by molar-refractivity contribution is -0.128. The first-order valence-electron chi connectivity index (χ1n) is 5.52. The minimum absolute atomic E-state index is 0.178. The Morgan fingerprint density at radius 2 is 2.29 bits per heavy atom. The molecule has 5 heteroatoms. The fourth-order valence-electron chi connectivity index (χ4n) is 2.05. The van der Waals surface area contributed by atoms with Crippen LogP contribution in [0.3, 0.4) is 0 Å². The standard InChI is InChI=1S/C12H12N2OS2/c15-12-5-8(16)6-14(12)7-11-13-9-3-1-2-4-10(9)17-11/h1-4,8,16H,5-7H2. The van der Waals surface area contributed by atoms with Crippen LogP contribution in [0.2, 0.25) is 0 Å². The van der Waals surface area contributed by atoms with Crippen molar-refractivity contribution < 1.29 is 4.79 Å². The van der Waals surface area contributed by atoms with Gasteiger partial charge in [0.05, 0.1) is 16.8 Å². The average molecular weight is 264 g/mol. The van der Waals surface area contributed by atoms with Crippen molar-refractivity contribution >= 4 is 40.1 Å². The van der Waals surface area contributed by atoms with Crippen LogP contribution in [0.5, 0.6) is 0 Å². The summed E-state index contributed by atoms with van der Waals surface area (Å²) in [5.74, 6) is 0.184. The van der Waals surface area contributed by atoms with E-state index >= 15 is 0 Å². The highest BCUT2D eigenvalue weighted by Gasteiger charge is 2.27. The molecule has 1 aromatic heterocycles. The molecule has 1 fully saturated rings. The third kappa shape index (κ3) is 2.17. The molecule has 1 unspecified atom stereocenters. The second kappa shape index (κ2) is 4.31. The van der Waals surface area contributed by atoms with Gasteiger partial charge in [0.1, 0.15) is 5.01 Å². The number of carbonyl (C=O) groups excluding carboxylic acids is 1. The number of carbonyl (C=O) groups is 1. The lowest BCUT2D eigenvalue weighted by Crippen LogP contribution is -2.24. The Kier molecular flexibility index (Phi) is 2.80. The Morgan fingerprint density at radius 3 is 3.00 bits per heavy atom. The molecule has 0 spiro atoms. The van der Waals surface area contributed by atoms with Gasteiger partial charge in [-0.2, -0.15) is 12.6 Å². The van der Waals surface area contributed by atoms with Crippen molar-refractivity contribution in [3.63, 3.8) is 0 Å². The number of amides is 1. The minimum Gasteiger partial charge on any atom is -0.335 e. The molecule has 0 bridgehead atoms. The number of likely N-dealkylation sites (tertiary alicyclic amines) is 1. The van der Waals surface area contributed by atoms with Gasteiger partial charge >= 0.3 is 0 Å². The molecule has 0 aliphatic carbocycles. The number of hydrogen-bond donors (Lipinski definition) is 1. The third-order valence-corrected chi connectivity index (χ3v) is 4.23. The Morgan fingerprint density at radius 1 is 1.47 bits per heavy atom. The second-order valence-electron chi connectivity index (χ2n) is 4.21. The molecule has 2 heterocycles. The number of benzene rings is 1. The first kappa shape index (κ1) is 11.0. The lowest BCUT2D eigenvalue weighted by Gasteiger charge is -2.13. The van der Waals surface area contributed by atoms with Crippen molar-refractivity contribution in [2.24, 2.45) is 0 Å². The van der Waals surface area contributed by atoms with Crippen LogP contribution in [-0.4, -0.2) is 27.6 Å². The molecule has 0 N–H and O–H groups in total. The van der Waals surface area contributed by atoms with E-state index in [2.05, 4.69) is 23.7 Å². The van der Waals surface area contributed by atoms with Crippen LogP contribution >= 0.6 is 24.0 Å². The number of aromatic nitrogens is 1. The molecule has 1 atom stereocenters. The number of nitrogens with zero attached hydrogens (tertiary/aromatic N) is 2. The number of para-hydroxylation sites is 1. The Bertz CT molecular complexity index is 533. The van der Waals surface area contributed by atoms with Gasteiger partial charge in [-0.05, 0) is 12.1 Å². The highest BCUT2D eigenvalue weighted by molar-refractivity contribution is 7.81. The predicted octanol–water partition coefficient (Wildman–Crippen LogP) is 2.33. The van der Waals surface area contributed by atoms with E-state index in [1.165, 1.54) is 4.70 Å². The predicted molar refractivity (Wildman–Crippen MR) is 72.4 cm³/mol. The van der Waals surface area contributed by atoms with Crippen molar-refractivity contribution in [3.05, 3.63) is 29.3 Å². The Balaban J connectivity index is 1.83. The van der Waals surface area contributed by atoms with E-state index in [1.807, 2.05) is 23.1 Å². The molecule has 1 aromatic carbocycles. The molecular formula is C12H12N2OS2. The summed E-state index contributed by atoms with van der Waals surface area (Å²) in [6.07, 6.45) is 0.550. The zero-order chi connectivity index (χ0) is 11.8. The van der Waals surface area contributed by atoms with Crippen LogP contribution in [0.1, 0.15) is 11.4 Å². The van der Waals surface area contributed by atoms with Gasteiger partial charge in [0.25, 0.3) is 0 Å². The monoisotopic (exact) mass is 264 g/mol. The highest BCUT2D eigenvalue weighted by atomic mass is 32.1. The van der Waals surface area contributed by atoms with Crippen molar-refractivity contribution in [1.82, 2.24) is 9.88 Å². The summed E-state index contributed by atoms with van der Waals surface area (Å²) in [4.78, 5) is 18.0. The van der Waals surface area contributed by atoms with Crippen molar-refractivity contribution in [3.8, 4) is 0 Å². The van der Waals surface area contributed by atoms with Crippen LogP contribution in [0.15, 0.2) is 24.3 Å². The number of rotatable bonds is 2. The summed E-state index contributed by atoms with van der Waals surface area (Å²) in [6, 6.07) is 8.05. The molecule has 17 heavy (non-hydrogen) atoms. The largest absolute Gasteiger partial charge is 0.335 e. The van der Waals surface area contributed by atoms with Crippen LogP contribution in [-0.2, 0) is 11.3 Å².